The van der Waals surface area contributed by atoms with Crippen molar-refractivity contribution in [1.29, 1.82) is 0 Å². The smallest absolute Gasteiger partial charge is 0.126 e. The molecular weight excluding hydrogens is 216 g/mol. The summed E-state index contributed by atoms with van der Waals surface area (Å²) in [5.74, 6) is 0. The number of rotatable bonds is 5. The number of aliphatic hydroxyl groups is 1. The van der Waals surface area contributed by atoms with E-state index in [-0.39, 0.29) is 0 Å². The van der Waals surface area contributed by atoms with Gasteiger partial charge in [0, 0.05) is 19.3 Å². The van der Waals surface area contributed by atoms with Crippen LogP contribution in [0.4, 0.5) is 0 Å². The fourth-order valence-corrected chi connectivity index (χ4v) is 2.72. The van der Waals surface area contributed by atoms with Crippen LogP contribution in [0.3, 0.4) is 0 Å². The fraction of sp³-hybridized carbons (Fsp3) is 0.769. The Morgan fingerprint density at radius 3 is 2.71 bits per heavy atom. The molecule has 0 saturated heterocycles. The molecule has 1 unspecified atom stereocenters. The normalized spacial score (nSPS) is 20.6. The summed E-state index contributed by atoms with van der Waals surface area (Å²) in [5, 5.41) is 10.5. The van der Waals surface area contributed by atoms with Crippen molar-refractivity contribution in [2.45, 2.75) is 57.8 Å². The van der Waals surface area contributed by atoms with E-state index >= 15 is 0 Å². The molecule has 1 aliphatic carbocycles. The van der Waals surface area contributed by atoms with Crippen LogP contribution in [0.1, 0.15) is 51.3 Å². The maximum absolute atomic E-state index is 10.5. The number of hydrogen-bond acceptors (Lipinski definition) is 3. The Morgan fingerprint density at radius 1 is 1.47 bits per heavy atom. The Morgan fingerprint density at radius 2 is 2.18 bits per heavy atom. The molecule has 1 aromatic heterocycles. The van der Waals surface area contributed by atoms with E-state index in [1.807, 2.05) is 17.7 Å². The summed E-state index contributed by atoms with van der Waals surface area (Å²) >= 11 is 0. The SMILES string of the molecule is CCOC1(C(O)c2cn(CC)cn2)CCCC1. The van der Waals surface area contributed by atoms with Crippen LogP contribution in [0.5, 0.6) is 0 Å². The molecule has 1 atom stereocenters. The van der Waals surface area contributed by atoms with Gasteiger partial charge < -0.3 is 14.4 Å². The zero-order valence-electron chi connectivity index (χ0n) is 10.7. The summed E-state index contributed by atoms with van der Waals surface area (Å²) < 4.78 is 7.83. The highest BCUT2D eigenvalue weighted by molar-refractivity contribution is 5.09. The number of imidazole rings is 1. The first-order chi connectivity index (χ1) is 8.22. The zero-order chi connectivity index (χ0) is 12.3. The lowest BCUT2D eigenvalue weighted by Crippen LogP contribution is -2.36. The molecular formula is C13H22N2O2. The van der Waals surface area contributed by atoms with Crippen LogP contribution < -0.4 is 0 Å². The molecule has 0 radical (unpaired) electrons. The Bertz CT molecular complexity index is 356. The molecule has 0 bridgehead atoms. The first-order valence-corrected chi connectivity index (χ1v) is 6.55. The van der Waals surface area contributed by atoms with Gasteiger partial charge in [-0.15, -0.1) is 0 Å². The van der Waals surface area contributed by atoms with Crippen LogP contribution in [-0.2, 0) is 11.3 Å². The lowest BCUT2D eigenvalue weighted by atomic mass is 9.92. The second-order valence-electron chi connectivity index (χ2n) is 4.74. The highest BCUT2D eigenvalue weighted by atomic mass is 16.5. The molecule has 1 N–H and O–H groups in total. The van der Waals surface area contributed by atoms with Gasteiger partial charge in [-0.3, -0.25) is 0 Å². The van der Waals surface area contributed by atoms with E-state index in [9.17, 15) is 5.11 Å². The topological polar surface area (TPSA) is 47.3 Å². The Hall–Kier alpha value is -0.870. The molecule has 1 aliphatic rings. The molecule has 0 aliphatic heterocycles. The van der Waals surface area contributed by atoms with Crippen molar-refractivity contribution in [1.82, 2.24) is 9.55 Å². The van der Waals surface area contributed by atoms with Gasteiger partial charge in [0.15, 0.2) is 0 Å². The van der Waals surface area contributed by atoms with Crippen LogP contribution >= 0.6 is 0 Å². The summed E-state index contributed by atoms with van der Waals surface area (Å²) in [5.41, 5.74) is 0.337. The summed E-state index contributed by atoms with van der Waals surface area (Å²) in [6, 6.07) is 0. The molecule has 4 nitrogen and oxygen atoms in total. The van der Waals surface area contributed by atoms with E-state index in [2.05, 4.69) is 11.9 Å². The number of nitrogens with zero attached hydrogens (tertiary/aromatic N) is 2. The van der Waals surface area contributed by atoms with Crippen LogP contribution in [0.2, 0.25) is 0 Å². The minimum atomic E-state index is -0.599. The third-order valence-corrected chi connectivity index (χ3v) is 3.68. The summed E-state index contributed by atoms with van der Waals surface area (Å²) in [6.45, 7) is 5.57. The van der Waals surface area contributed by atoms with Gasteiger partial charge in [-0.2, -0.15) is 0 Å². The van der Waals surface area contributed by atoms with Gasteiger partial charge >= 0.3 is 0 Å². The molecule has 0 amide bonds. The van der Waals surface area contributed by atoms with E-state index in [4.69, 9.17) is 4.74 Å². The average molecular weight is 238 g/mol. The standard InChI is InChI=1S/C13H22N2O2/c1-3-15-9-11(14-10-15)12(16)13(17-4-2)7-5-6-8-13/h9-10,12,16H,3-8H2,1-2H3. The highest BCUT2D eigenvalue weighted by Gasteiger charge is 2.43. The van der Waals surface area contributed by atoms with Crippen LogP contribution in [0.15, 0.2) is 12.5 Å². The highest BCUT2D eigenvalue weighted by Crippen LogP contribution is 2.42. The minimum Gasteiger partial charge on any atom is -0.384 e. The van der Waals surface area contributed by atoms with Crippen molar-refractivity contribution in [3.05, 3.63) is 18.2 Å². The molecule has 2 rings (SSSR count). The van der Waals surface area contributed by atoms with Crippen LogP contribution in [0.25, 0.3) is 0 Å². The lowest BCUT2D eigenvalue weighted by molar-refractivity contribution is -0.119. The van der Waals surface area contributed by atoms with E-state index < -0.39 is 11.7 Å². The van der Waals surface area contributed by atoms with Crippen molar-refractivity contribution >= 4 is 0 Å². The first kappa shape index (κ1) is 12.6. The predicted molar refractivity (Wildman–Crippen MR) is 65.7 cm³/mol. The van der Waals surface area contributed by atoms with Crippen molar-refractivity contribution in [3.63, 3.8) is 0 Å². The number of hydrogen-bond donors (Lipinski definition) is 1. The van der Waals surface area contributed by atoms with Gasteiger partial charge in [0.25, 0.3) is 0 Å². The number of aliphatic hydroxyl groups excluding tert-OH is 1. The van der Waals surface area contributed by atoms with Crippen molar-refractivity contribution < 1.29 is 9.84 Å². The van der Waals surface area contributed by atoms with Gasteiger partial charge in [-0.05, 0) is 26.7 Å². The summed E-state index contributed by atoms with van der Waals surface area (Å²) in [4.78, 5) is 4.29. The number of aromatic nitrogens is 2. The van der Waals surface area contributed by atoms with Gasteiger partial charge in [0.05, 0.1) is 17.6 Å². The maximum Gasteiger partial charge on any atom is 0.126 e. The first-order valence-electron chi connectivity index (χ1n) is 6.55. The Kier molecular flexibility index (Phi) is 3.84. The van der Waals surface area contributed by atoms with Crippen LogP contribution in [-0.4, -0.2) is 26.9 Å². The molecule has 4 heteroatoms. The van der Waals surface area contributed by atoms with Crippen LogP contribution in [0, 0.1) is 0 Å². The van der Waals surface area contributed by atoms with Gasteiger partial charge in [-0.25, -0.2) is 4.98 Å². The third-order valence-electron chi connectivity index (χ3n) is 3.68. The molecule has 0 aromatic carbocycles. The van der Waals surface area contributed by atoms with E-state index in [1.165, 1.54) is 0 Å². The molecule has 17 heavy (non-hydrogen) atoms. The monoisotopic (exact) mass is 238 g/mol. The van der Waals surface area contributed by atoms with Crippen molar-refractivity contribution in [2.24, 2.45) is 0 Å². The molecule has 96 valence electrons. The second-order valence-corrected chi connectivity index (χ2v) is 4.74. The third kappa shape index (κ3) is 2.38. The molecule has 1 saturated carbocycles. The number of aryl methyl sites for hydroxylation is 1. The molecule has 0 spiro atoms. The molecule has 1 heterocycles. The zero-order valence-corrected chi connectivity index (χ0v) is 10.7. The Labute approximate surface area is 103 Å². The predicted octanol–water partition coefficient (Wildman–Crippen LogP) is 2.29. The van der Waals surface area contributed by atoms with Crippen molar-refractivity contribution in [2.75, 3.05) is 6.61 Å². The van der Waals surface area contributed by atoms with E-state index in [1.54, 1.807) is 6.33 Å². The lowest BCUT2D eigenvalue weighted by Gasteiger charge is -2.33. The maximum atomic E-state index is 10.5. The van der Waals surface area contributed by atoms with Crippen molar-refractivity contribution in [3.8, 4) is 0 Å². The quantitative estimate of drug-likeness (QED) is 0.856. The number of ether oxygens (including phenoxy) is 1. The second kappa shape index (κ2) is 5.19. The summed E-state index contributed by atoms with van der Waals surface area (Å²) in [6.07, 6.45) is 7.22. The summed E-state index contributed by atoms with van der Waals surface area (Å²) in [7, 11) is 0. The van der Waals surface area contributed by atoms with Gasteiger partial charge in [0.1, 0.15) is 6.10 Å². The average Bonchev–Trinajstić information content (AvgIpc) is 2.97. The van der Waals surface area contributed by atoms with E-state index in [0.717, 1.165) is 37.9 Å². The fourth-order valence-electron chi connectivity index (χ4n) is 2.72. The largest absolute Gasteiger partial charge is 0.384 e. The molecule has 1 fully saturated rings. The molecule has 1 aromatic rings. The minimum absolute atomic E-state index is 0.401. The van der Waals surface area contributed by atoms with Gasteiger partial charge in [0.2, 0.25) is 0 Å². The Balaban J connectivity index is 2.18. The van der Waals surface area contributed by atoms with Gasteiger partial charge in [-0.1, -0.05) is 12.8 Å². The van der Waals surface area contributed by atoms with E-state index in [0.29, 0.717) is 6.61 Å².